The standard InChI is InChI=1S/C21H23ClN2O2/c1-14-18-8-4-3-6-16(18)10-11-24(14)21(26)12-19-17(13-23-15(2)25)7-5-9-20(19)22/h3-9,14H,10-13H2,1-2H3,(H,23,25). The third-order valence-corrected chi connectivity index (χ3v) is 5.34. The zero-order valence-electron chi connectivity index (χ0n) is 15.1. The van der Waals surface area contributed by atoms with E-state index < -0.39 is 0 Å². The third-order valence-electron chi connectivity index (χ3n) is 4.99. The molecular formula is C21H23ClN2O2. The van der Waals surface area contributed by atoms with Gasteiger partial charge < -0.3 is 10.2 Å². The fraction of sp³-hybridized carbons (Fsp3) is 0.333. The van der Waals surface area contributed by atoms with Gasteiger partial charge in [0.25, 0.3) is 0 Å². The van der Waals surface area contributed by atoms with Gasteiger partial charge in [0, 0.05) is 25.0 Å². The van der Waals surface area contributed by atoms with Crippen molar-refractivity contribution < 1.29 is 9.59 Å². The minimum atomic E-state index is -0.108. The van der Waals surface area contributed by atoms with Crippen molar-refractivity contribution in [2.75, 3.05) is 6.54 Å². The number of hydrogen-bond donors (Lipinski definition) is 1. The summed E-state index contributed by atoms with van der Waals surface area (Å²) in [6, 6.07) is 13.9. The fourth-order valence-corrected chi connectivity index (χ4v) is 3.81. The first-order valence-electron chi connectivity index (χ1n) is 8.85. The Labute approximate surface area is 159 Å². The molecule has 0 saturated carbocycles. The number of nitrogens with one attached hydrogen (secondary N) is 1. The maximum Gasteiger partial charge on any atom is 0.227 e. The number of amides is 2. The Morgan fingerprint density at radius 1 is 1.19 bits per heavy atom. The van der Waals surface area contributed by atoms with E-state index in [0.29, 0.717) is 18.1 Å². The molecule has 1 heterocycles. The topological polar surface area (TPSA) is 49.4 Å². The molecule has 0 aliphatic carbocycles. The average molecular weight is 371 g/mol. The molecule has 0 bridgehead atoms. The normalized spacial score (nSPS) is 16.1. The summed E-state index contributed by atoms with van der Waals surface area (Å²) >= 11 is 6.36. The summed E-state index contributed by atoms with van der Waals surface area (Å²) in [6.07, 6.45) is 1.11. The van der Waals surface area contributed by atoms with E-state index >= 15 is 0 Å². The number of halogens is 1. The summed E-state index contributed by atoms with van der Waals surface area (Å²) in [4.78, 5) is 26.2. The monoisotopic (exact) mass is 370 g/mol. The van der Waals surface area contributed by atoms with Crippen molar-refractivity contribution in [1.29, 1.82) is 0 Å². The van der Waals surface area contributed by atoms with Gasteiger partial charge in [0.05, 0.1) is 12.5 Å². The molecular weight excluding hydrogens is 348 g/mol. The number of fused-ring (bicyclic) bond motifs is 1. The number of nitrogens with zero attached hydrogens (tertiary/aromatic N) is 1. The highest BCUT2D eigenvalue weighted by atomic mass is 35.5. The summed E-state index contributed by atoms with van der Waals surface area (Å²) in [5.74, 6) is -0.0484. The molecule has 26 heavy (non-hydrogen) atoms. The molecule has 1 aliphatic heterocycles. The van der Waals surface area contributed by atoms with Gasteiger partial charge in [-0.3, -0.25) is 9.59 Å². The van der Waals surface area contributed by atoms with Crippen molar-refractivity contribution in [1.82, 2.24) is 10.2 Å². The van der Waals surface area contributed by atoms with Crippen LogP contribution in [-0.2, 0) is 29.0 Å². The molecule has 2 amide bonds. The van der Waals surface area contributed by atoms with Gasteiger partial charge in [-0.25, -0.2) is 0 Å². The van der Waals surface area contributed by atoms with E-state index in [1.165, 1.54) is 18.1 Å². The third kappa shape index (κ3) is 3.91. The molecule has 1 N–H and O–H groups in total. The number of benzene rings is 2. The molecule has 2 aromatic rings. The summed E-state index contributed by atoms with van der Waals surface area (Å²) in [6.45, 7) is 4.63. The highest BCUT2D eigenvalue weighted by Crippen LogP contribution is 2.30. The van der Waals surface area contributed by atoms with Crippen LogP contribution in [0.2, 0.25) is 5.02 Å². The van der Waals surface area contributed by atoms with Gasteiger partial charge in [-0.05, 0) is 41.7 Å². The Bertz CT molecular complexity index is 835. The Kier molecular flexibility index (Phi) is 5.62. The number of hydrogen-bond acceptors (Lipinski definition) is 2. The van der Waals surface area contributed by atoms with Crippen LogP contribution in [-0.4, -0.2) is 23.3 Å². The van der Waals surface area contributed by atoms with Crippen LogP contribution in [0.1, 0.15) is 42.1 Å². The minimum absolute atomic E-state index is 0.0498. The lowest BCUT2D eigenvalue weighted by atomic mass is 9.93. The van der Waals surface area contributed by atoms with Crippen LogP contribution in [0.15, 0.2) is 42.5 Å². The molecule has 136 valence electrons. The molecule has 0 aromatic heterocycles. The van der Waals surface area contributed by atoms with Crippen LogP contribution in [0.5, 0.6) is 0 Å². The lowest BCUT2D eigenvalue weighted by Gasteiger charge is -2.35. The van der Waals surface area contributed by atoms with Gasteiger partial charge >= 0.3 is 0 Å². The van der Waals surface area contributed by atoms with E-state index in [2.05, 4.69) is 24.4 Å². The average Bonchev–Trinajstić information content (AvgIpc) is 2.62. The van der Waals surface area contributed by atoms with Gasteiger partial charge in [-0.2, -0.15) is 0 Å². The Morgan fingerprint density at radius 2 is 1.96 bits per heavy atom. The molecule has 1 aliphatic rings. The van der Waals surface area contributed by atoms with Crippen molar-refractivity contribution in [3.05, 3.63) is 69.7 Å². The van der Waals surface area contributed by atoms with Crippen molar-refractivity contribution in [2.45, 2.75) is 39.3 Å². The largest absolute Gasteiger partial charge is 0.352 e. The van der Waals surface area contributed by atoms with Crippen molar-refractivity contribution in [2.24, 2.45) is 0 Å². The predicted molar refractivity (Wildman–Crippen MR) is 103 cm³/mol. The molecule has 4 nitrogen and oxygen atoms in total. The van der Waals surface area contributed by atoms with E-state index in [0.717, 1.165) is 17.5 Å². The Hall–Kier alpha value is -2.33. The van der Waals surface area contributed by atoms with E-state index in [1.54, 1.807) is 6.07 Å². The Balaban J connectivity index is 1.79. The van der Waals surface area contributed by atoms with E-state index in [1.807, 2.05) is 29.2 Å². The van der Waals surface area contributed by atoms with Gasteiger partial charge in [-0.1, -0.05) is 48.0 Å². The van der Waals surface area contributed by atoms with Crippen molar-refractivity contribution in [3.63, 3.8) is 0 Å². The SMILES string of the molecule is CC(=O)NCc1cccc(Cl)c1CC(=O)N1CCc2ccccc2C1C. The van der Waals surface area contributed by atoms with E-state index in [4.69, 9.17) is 11.6 Å². The lowest BCUT2D eigenvalue weighted by Crippen LogP contribution is -2.39. The van der Waals surface area contributed by atoms with Gasteiger partial charge in [0.1, 0.15) is 0 Å². The molecule has 0 saturated heterocycles. The fourth-order valence-electron chi connectivity index (χ4n) is 3.55. The van der Waals surface area contributed by atoms with Gasteiger partial charge in [-0.15, -0.1) is 0 Å². The molecule has 5 heteroatoms. The lowest BCUT2D eigenvalue weighted by molar-refractivity contribution is -0.133. The second-order valence-corrected chi connectivity index (χ2v) is 7.08. The van der Waals surface area contributed by atoms with Gasteiger partial charge in [0.15, 0.2) is 0 Å². The summed E-state index contributed by atoms with van der Waals surface area (Å²) < 4.78 is 0. The molecule has 0 fully saturated rings. The molecule has 1 atom stereocenters. The van der Waals surface area contributed by atoms with E-state index in [9.17, 15) is 9.59 Å². The van der Waals surface area contributed by atoms with Crippen LogP contribution in [0.4, 0.5) is 0 Å². The summed E-state index contributed by atoms with van der Waals surface area (Å²) in [5.41, 5.74) is 4.20. The van der Waals surface area contributed by atoms with Crippen LogP contribution < -0.4 is 5.32 Å². The first-order valence-corrected chi connectivity index (χ1v) is 9.23. The highest BCUT2D eigenvalue weighted by molar-refractivity contribution is 6.31. The van der Waals surface area contributed by atoms with Crippen LogP contribution >= 0.6 is 11.6 Å². The van der Waals surface area contributed by atoms with Crippen LogP contribution in [0.25, 0.3) is 0 Å². The smallest absolute Gasteiger partial charge is 0.227 e. The van der Waals surface area contributed by atoms with E-state index in [-0.39, 0.29) is 24.3 Å². The maximum atomic E-state index is 13.0. The quantitative estimate of drug-likeness (QED) is 0.892. The van der Waals surface area contributed by atoms with Crippen molar-refractivity contribution in [3.8, 4) is 0 Å². The molecule has 1 unspecified atom stereocenters. The highest BCUT2D eigenvalue weighted by Gasteiger charge is 2.28. The molecule has 3 rings (SSSR count). The predicted octanol–water partition coefficient (Wildman–Crippen LogP) is 3.66. The zero-order valence-corrected chi connectivity index (χ0v) is 15.8. The summed E-state index contributed by atoms with van der Waals surface area (Å²) in [5, 5.41) is 3.34. The molecule has 2 aromatic carbocycles. The number of carbonyl (C=O) groups is 2. The number of carbonyl (C=O) groups excluding carboxylic acids is 2. The minimum Gasteiger partial charge on any atom is -0.352 e. The molecule has 0 spiro atoms. The van der Waals surface area contributed by atoms with Crippen molar-refractivity contribution >= 4 is 23.4 Å². The maximum absolute atomic E-state index is 13.0. The number of rotatable bonds is 4. The first-order chi connectivity index (χ1) is 12.5. The van der Waals surface area contributed by atoms with Gasteiger partial charge in [0.2, 0.25) is 11.8 Å². The Morgan fingerprint density at radius 3 is 2.73 bits per heavy atom. The zero-order chi connectivity index (χ0) is 18.7. The first kappa shape index (κ1) is 18.5. The second kappa shape index (κ2) is 7.92. The summed E-state index contributed by atoms with van der Waals surface area (Å²) in [7, 11) is 0. The van der Waals surface area contributed by atoms with Crippen LogP contribution in [0, 0.1) is 0 Å². The van der Waals surface area contributed by atoms with Crippen LogP contribution in [0.3, 0.4) is 0 Å². The second-order valence-electron chi connectivity index (χ2n) is 6.68. The molecule has 0 radical (unpaired) electrons.